The van der Waals surface area contributed by atoms with E-state index < -0.39 is 25.8 Å². The van der Waals surface area contributed by atoms with E-state index >= 15 is 0 Å². The first-order valence-electron chi connectivity index (χ1n) is 8.33. The third-order valence-electron chi connectivity index (χ3n) is 3.95. The molecule has 1 aliphatic carbocycles. The lowest BCUT2D eigenvalue weighted by Crippen LogP contribution is -2.25. The van der Waals surface area contributed by atoms with Crippen LogP contribution in [-0.4, -0.2) is 35.0 Å². The van der Waals surface area contributed by atoms with E-state index in [1.165, 1.54) is 24.3 Å². The maximum Gasteiger partial charge on any atom is 0.255 e. The number of rotatable bonds is 7. The Labute approximate surface area is 158 Å². The minimum absolute atomic E-state index is 0.00121. The minimum Gasteiger partial charge on any atom is -0.322 e. The van der Waals surface area contributed by atoms with Gasteiger partial charge >= 0.3 is 0 Å². The number of hydrogen-bond donors (Lipinski definition) is 2. The fourth-order valence-electron chi connectivity index (χ4n) is 2.49. The molecule has 2 aromatic rings. The van der Waals surface area contributed by atoms with Crippen molar-refractivity contribution < 1.29 is 21.6 Å². The fourth-order valence-corrected chi connectivity index (χ4v) is 4.64. The summed E-state index contributed by atoms with van der Waals surface area (Å²) < 4.78 is 49.8. The van der Waals surface area contributed by atoms with Gasteiger partial charge in [0, 0.05) is 23.5 Å². The average Bonchev–Trinajstić information content (AvgIpc) is 3.37. The predicted molar refractivity (Wildman–Crippen MR) is 103 cm³/mol. The molecule has 27 heavy (non-hydrogen) atoms. The zero-order valence-electron chi connectivity index (χ0n) is 14.7. The van der Waals surface area contributed by atoms with Crippen LogP contribution in [0.3, 0.4) is 0 Å². The molecule has 0 atom stereocenters. The molecule has 1 amide bonds. The van der Waals surface area contributed by atoms with Gasteiger partial charge in [-0.15, -0.1) is 0 Å². The van der Waals surface area contributed by atoms with Gasteiger partial charge in [0.1, 0.15) is 0 Å². The highest BCUT2D eigenvalue weighted by Gasteiger charge is 2.28. The molecule has 1 saturated carbocycles. The Hall–Kier alpha value is -2.23. The van der Waals surface area contributed by atoms with E-state index in [9.17, 15) is 21.6 Å². The van der Waals surface area contributed by atoms with Crippen LogP contribution in [0, 0.1) is 0 Å². The molecule has 144 valence electrons. The van der Waals surface area contributed by atoms with E-state index in [0.717, 1.165) is 19.1 Å². The molecule has 1 fully saturated rings. The SMILES string of the molecule is CS(=O)(=O)Cc1ccc(C(=O)Nc2cccc(S(=O)(=O)NC3CC3)c2)cc1. The van der Waals surface area contributed by atoms with E-state index in [-0.39, 0.29) is 16.7 Å². The first kappa shape index (κ1) is 19.5. The number of amides is 1. The van der Waals surface area contributed by atoms with Gasteiger partial charge in [0.05, 0.1) is 10.6 Å². The van der Waals surface area contributed by atoms with E-state index in [1.54, 1.807) is 24.3 Å². The predicted octanol–water partition coefficient (Wildman–Crippen LogP) is 1.92. The molecule has 0 aromatic heterocycles. The van der Waals surface area contributed by atoms with Crippen LogP contribution in [-0.2, 0) is 25.6 Å². The Kier molecular flexibility index (Phi) is 5.36. The lowest BCUT2D eigenvalue weighted by molar-refractivity contribution is 0.102. The van der Waals surface area contributed by atoms with Crippen LogP contribution in [0.1, 0.15) is 28.8 Å². The number of sulfone groups is 1. The molecule has 9 heteroatoms. The van der Waals surface area contributed by atoms with Crippen LogP contribution in [0.5, 0.6) is 0 Å². The van der Waals surface area contributed by atoms with Crippen molar-refractivity contribution in [1.82, 2.24) is 4.72 Å². The van der Waals surface area contributed by atoms with Crippen molar-refractivity contribution in [3.8, 4) is 0 Å². The van der Waals surface area contributed by atoms with Crippen LogP contribution in [0.15, 0.2) is 53.4 Å². The molecule has 0 bridgehead atoms. The normalized spacial score (nSPS) is 14.7. The monoisotopic (exact) mass is 408 g/mol. The van der Waals surface area contributed by atoms with E-state index in [2.05, 4.69) is 10.0 Å². The summed E-state index contributed by atoms with van der Waals surface area (Å²) in [6.07, 6.45) is 2.82. The Morgan fingerprint density at radius 2 is 1.70 bits per heavy atom. The lowest BCUT2D eigenvalue weighted by atomic mass is 10.1. The summed E-state index contributed by atoms with van der Waals surface area (Å²) in [5.74, 6) is -0.506. The van der Waals surface area contributed by atoms with E-state index in [1.807, 2.05) is 0 Å². The summed E-state index contributed by atoms with van der Waals surface area (Å²) in [4.78, 5) is 12.5. The van der Waals surface area contributed by atoms with Crippen molar-refractivity contribution >= 4 is 31.5 Å². The van der Waals surface area contributed by atoms with Crippen LogP contribution < -0.4 is 10.0 Å². The topological polar surface area (TPSA) is 109 Å². The average molecular weight is 409 g/mol. The van der Waals surface area contributed by atoms with Crippen LogP contribution in [0.25, 0.3) is 0 Å². The van der Waals surface area contributed by atoms with Gasteiger partial charge in [-0.25, -0.2) is 21.6 Å². The van der Waals surface area contributed by atoms with E-state index in [0.29, 0.717) is 16.8 Å². The molecule has 0 spiro atoms. The van der Waals surface area contributed by atoms with Crippen LogP contribution in [0.4, 0.5) is 5.69 Å². The highest BCUT2D eigenvalue weighted by molar-refractivity contribution is 7.90. The van der Waals surface area contributed by atoms with Crippen molar-refractivity contribution in [2.45, 2.75) is 29.5 Å². The number of benzene rings is 2. The van der Waals surface area contributed by atoms with Gasteiger partial charge in [0.15, 0.2) is 9.84 Å². The quantitative estimate of drug-likeness (QED) is 0.727. The summed E-state index contributed by atoms with van der Waals surface area (Å²) in [7, 11) is -6.75. The zero-order chi connectivity index (χ0) is 19.7. The summed E-state index contributed by atoms with van der Waals surface area (Å²) in [6.45, 7) is 0. The second-order valence-corrected chi connectivity index (χ2v) is 10.5. The first-order chi connectivity index (χ1) is 12.6. The van der Waals surface area contributed by atoms with Crippen LogP contribution in [0.2, 0.25) is 0 Å². The van der Waals surface area contributed by atoms with Gasteiger partial charge in [0.2, 0.25) is 10.0 Å². The number of anilines is 1. The molecule has 1 aliphatic rings. The Morgan fingerprint density at radius 3 is 2.30 bits per heavy atom. The molecule has 2 N–H and O–H groups in total. The maximum atomic E-state index is 12.4. The number of carbonyl (C=O) groups is 1. The molecular weight excluding hydrogens is 388 g/mol. The van der Waals surface area contributed by atoms with E-state index in [4.69, 9.17) is 0 Å². The fraction of sp³-hybridized carbons (Fsp3) is 0.278. The molecule has 0 unspecified atom stereocenters. The second-order valence-electron chi connectivity index (χ2n) is 6.64. The van der Waals surface area contributed by atoms with Gasteiger partial charge in [0.25, 0.3) is 5.91 Å². The summed E-state index contributed by atoms with van der Waals surface area (Å²) in [5, 5.41) is 2.66. The molecule has 3 rings (SSSR count). The van der Waals surface area contributed by atoms with Crippen molar-refractivity contribution in [2.75, 3.05) is 11.6 Å². The van der Waals surface area contributed by atoms with Gasteiger partial charge < -0.3 is 5.32 Å². The van der Waals surface area contributed by atoms with Crippen molar-refractivity contribution in [2.24, 2.45) is 0 Å². The summed E-state index contributed by atoms with van der Waals surface area (Å²) >= 11 is 0. The highest BCUT2D eigenvalue weighted by atomic mass is 32.2. The molecule has 0 radical (unpaired) electrons. The minimum atomic E-state index is -3.60. The molecule has 2 aromatic carbocycles. The maximum absolute atomic E-state index is 12.4. The molecule has 0 aliphatic heterocycles. The van der Waals surface area contributed by atoms with Crippen molar-refractivity contribution in [3.63, 3.8) is 0 Å². The standard InChI is InChI=1S/C18H20N2O5S2/c1-26(22,23)12-13-5-7-14(8-6-13)18(21)19-16-3-2-4-17(11-16)27(24,25)20-15-9-10-15/h2-8,11,15,20H,9-10,12H2,1H3,(H,19,21). The number of carbonyl (C=O) groups excluding carboxylic acids is 1. The summed E-state index contributed by atoms with van der Waals surface area (Å²) in [5.41, 5.74) is 1.30. The Morgan fingerprint density at radius 1 is 1.04 bits per heavy atom. The second kappa shape index (κ2) is 7.41. The van der Waals surface area contributed by atoms with Crippen LogP contribution >= 0.6 is 0 Å². The van der Waals surface area contributed by atoms with Crippen molar-refractivity contribution in [3.05, 3.63) is 59.7 Å². The van der Waals surface area contributed by atoms with Crippen molar-refractivity contribution in [1.29, 1.82) is 0 Å². The largest absolute Gasteiger partial charge is 0.322 e. The number of hydrogen-bond acceptors (Lipinski definition) is 5. The highest BCUT2D eigenvalue weighted by Crippen LogP contribution is 2.23. The Bertz CT molecular complexity index is 1060. The molecule has 7 nitrogen and oxygen atoms in total. The van der Waals surface area contributed by atoms with Gasteiger partial charge in [-0.1, -0.05) is 18.2 Å². The molecule has 0 heterocycles. The molecule has 0 saturated heterocycles. The third kappa shape index (κ3) is 5.62. The third-order valence-corrected chi connectivity index (χ3v) is 6.32. The van der Waals surface area contributed by atoms with Gasteiger partial charge in [-0.05, 0) is 48.7 Å². The zero-order valence-corrected chi connectivity index (χ0v) is 16.3. The van der Waals surface area contributed by atoms with Gasteiger partial charge in [-0.3, -0.25) is 4.79 Å². The number of nitrogens with one attached hydrogen (secondary N) is 2. The molecular formula is C18H20N2O5S2. The lowest BCUT2D eigenvalue weighted by Gasteiger charge is -2.09. The first-order valence-corrected chi connectivity index (χ1v) is 11.9. The van der Waals surface area contributed by atoms with Gasteiger partial charge in [-0.2, -0.15) is 0 Å². The Balaban J connectivity index is 1.71. The summed E-state index contributed by atoms with van der Waals surface area (Å²) in [6, 6.07) is 12.3. The number of sulfonamides is 1. The smallest absolute Gasteiger partial charge is 0.255 e.